The molecule has 1 unspecified atom stereocenters. The van der Waals surface area contributed by atoms with E-state index in [1.807, 2.05) is 11.3 Å². The summed E-state index contributed by atoms with van der Waals surface area (Å²) < 4.78 is 0. The average Bonchev–Trinajstić information content (AvgIpc) is 2.88. The van der Waals surface area contributed by atoms with Gasteiger partial charge in [0, 0.05) is 30.3 Å². The molecule has 0 amide bonds. The molecular weight excluding hydrogens is 218 g/mol. The molecule has 1 heterocycles. The van der Waals surface area contributed by atoms with Crippen molar-refractivity contribution in [2.24, 2.45) is 5.92 Å². The van der Waals surface area contributed by atoms with Gasteiger partial charge < -0.3 is 4.90 Å². The molecular formula is C13H19NOS. The van der Waals surface area contributed by atoms with Crippen LogP contribution in [-0.4, -0.2) is 30.8 Å². The number of nitrogens with zero attached hydrogens (tertiary/aromatic N) is 1. The Bertz CT molecular complexity index is 334. The zero-order chi connectivity index (χ0) is 11.4. The Hall–Kier alpha value is -0.670. The van der Waals surface area contributed by atoms with Crippen LogP contribution in [0.1, 0.15) is 24.1 Å². The van der Waals surface area contributed by atoms with Crippen LogP contribution >= 0.6 is 11.3 Å². The van der Waals surface area contributed by atoms with Gasteiger partial charge in [-0.3, -0.25) is 4.79 Å². The van der Waals surface area contributed by atoms with Crippen LogP contribution in [0, 0.1) is 5.92 Å². The first kappa shape index (κ1) is 11.8. The van der Waals surface area contributed by atoms with E-state index in [1.54, 1.807) is 0 Å². The van der Waals surface area contributed by atoms with Gasteiger partial charge in [-0.05, 0) is 37.8 Å². The summed E-state index contributed by atoms with van der Waals surface area (Å²) in [7, 11) is 2.12. The molecule has 0 aromatic carbocycles. The van der Waals surface area contributed by atoms with Gasteiger partial charge in [0.05, 0.1) is 0 Å². The second kappa shape index (κ2) is 5.60. The molecule has 2 nitrogen and oxygen atoms in total. The van der Waals surface area contributed by atoms with Gasteiger partial charge in [0.25, 0.3) is 0 Å². The van der Waals surface area contributed by atoms with E-state index in [1.165, 1.54) is 4.88 Å². The SMILES string of the molecule is CN(CCc1cccs1)CC1CCCC1=O. The number of hydrogen-bond acceptors (Lipinski definition) is 3. The van der Waals surface area contributed by atoms with Crippen LogP contribution < -0.4 is 0 Å². The molecule has 1 saturated carbocycles. The molecule has 1 aromatic heterocycles. The summed E-state index contributed by atoms with van der Waals surface area (Å²) in [6.07, 6.45) is 4.11. The molecule has 1 atom stereocenters. The van der Waals surface area contributed by atoms with Gasteiger partial charge in [0.15, 0.2) is 0 Å². The topological polar surface area (TPSA) is 20.3 Å². The normalized spacial score (nSPS) is 20.9. The van der Waals surface area contributed by atoms with Crippen molar-refractivity contribution < 1.29 is 4.79 Å². The third-order valence-corrected chi connectivity index (χ3v) is 4.22. The van der Waals surface area contributed by atoms with E-state index >= 15 is 0 Å². The smallest absolute Gasteiger partial charge is 0.137 e. The predicted octanol–water partition coefficient (Wildman–Crippen LogP) is 2.59. The second-order valence-corrected chi connectivity index (χ2v) is 5.68. The minimum atomic E-state index is 0.313. The number of carbonyl (C=O) groups excluding carboxylic acids is 1. The molecule has 88 valence electrons. The molecule has 0 radical (unpaired) electrons. The van der Waals surface area contributed by atoms with E-state index in [2.05, 4.69) is 29.5 Å². The number of likely N-dealkylation sites (N-methyl/N-ethyl adjacent to an activating group) is 1. The summed E-state index contributed by atoms with van der Waals surface area (Å²) in [5.41, 5.74) is 0. The quantitative estimate of drug-likeness (QED) is 0.784. The zero-order valence-corrected chi connectivity index (χ0v) is 10.6. The minimum absolute atomic E-state index is 0.313. The molecule has 1 fully saturated rings. The van der Waals surface area contributed by atoms with Crippen LogP contribution in [0.25, 0.3) is 0 Å². The summed E-state index contributed by atoms with van der Waals surface area (Å²) >= 11 is 1.81. The van der Waals surface area contributed by atoms with Crippen molar-refractivity contribution in [3.63, 3.8) is 0 Å². The van der Waals surface area contributed by atoms with Gasteiger partial charge in [-0.2, -0.15) is 0 Å². The highest BCUT2D eigenvalue weighted by Crippen LogP contribution is 2.22. The summed E-state index contributed by atoms with van der Waals surface area (Å²) in [6, 6.07) is 4.28. The third-order valence-electron chi connectivity index (χ3n) is 3.28. The highest BCUT2D eigenvalue weighted by atomic mass is 32.1. The lowest BCUT2D eigenvalue weighted by atomic mass is 10.1. The fourth-order valence-electron chi connectivity index (χ4n) is 2.30. The maximum absolute atomic E-state index is 11.5. The van der Waals surface area contributed by atoms with Crippen molar-refractivity contribution in [1.82, 2.24) is 4.90 Å². The van der Waals surface area contributed by atoms with Crippen LogP contribution in [0.4, 0.5) is 0 Å². The molecule has 3 heteroatoms. The summed E-state index contributed by atoms with van der Waals surface area (Å²) in [6.45, 7) is 2.01. The van der Waals surface area contributed by atoms with Crippen LogP contribution in [0.3, 0.4) is 0 Å². The van der Waals surface area contributed by atoms with Crippen molar-refractivity contribution in [1.29, 1.82) is 0 Å². The Balaban J connectivity index is 1.72. The third kappa shape index (κ3) is 3.16. The first-order valence-corrected chi connectivity index (χ1v) is 6.87. The van der Waals surface area contributed by atoms with Crippen molar-refractivity contribution in [2.45, 2.75) is 25.7 Å². The van der Waals surface area contributed by atoms with E-state index in [-0.39, 0.29) is 0 Å². The lowest BCUT2D eigenvalue weighted by Crippen LogP contribution is -2.29. The van der Waals surface area contributed by atoms with Gasteiger partial charge >= 0.3 is 0 Å². The predicted molar refractivity (Wildman–Crippen MR) is 67.9 cm³/mol. The van der Waals surface area contributed by atoms with E-state index in [0.29, 0.717) is 11.7 Å². The van der Waals surface area contributed by atoms with Crippen LogP contribution in [0.2, 0.25) is 0 Å². The molecule has 0 bridgehead atoms. The number of carbonyl (C=O) groups is 1. The van der Waals surface area contributed by atoms with E-state index in [4.69, 9.17) is 0 Å². The van der Waals surface area contributed by atoms with Gasteiger partial charge in [-0.15, -0.1) is 11.3 Å². The molecule has 1 aliphatic carbocycles. The molecule has 1 aromatic rings. The number of hydrogen-bond donors (Lipinski definition) is 0. The van der Waals surface area contributed by atoms with Crippen LogP contribution in [0.15, 0.2) is 17.5 Å². The number of ketones is 1. The number of rotatable bonds is 5. The van der Waals surface area contributed by atoms with Gasteiger partial charge in [0.1, 0.15) is 5.78 Å². The van der Waals surface area contributed by atoms with E-state index < -0.39 is 0 Å². The number of thiophene rings is 1. The lowest BCUT2D eigenvalue weighted by Gasteiger charge is -2.19. The molecule has 16 heavy (non-hydrogen) atoms. The Morgan fingerprint density at radius 2 is 2.44 bits per heavy atom. The molecule has 0 saturated heterocycles. The molecule has 0 spiro atoms. The van der Waals surface area contributed by atoms with Crippen molar-refractivity contribution in [3.05, 3.63) is 22.4 Å². The van der Waals surface area contributed by atoms with Crippen molar-refractivity contribution >= 4 is 17.1 Å². The monoisotopic (exact) mass is 237 g/mol. The highest BCUT2D eigenvalue weighted by Gasteiger charge is 2.25. The zero-order valence-electron chi connectivity index (χ0n) is 9.82. The Morgan fingerprint density at radius 1 is 1.56 bits per heavy atom. The standard InChI is InChI=1S/C13H19NOS/c1-14(8-7-12-5-3-9-16-12)10-11-4-2-6-13(11)15/h3,5,9,11H,2,4,6-8,10H2,1H3. The Morgan fingerprint density at radius 3 is 3.06 bits per heavy atom. The fourth-order valence-corrected chi connectivity index (χ4v) is 3.00. The van der Waals surface area contributed by atoms with Crippen LogP contribution in [0.5, 0.6) is 0 Å². The lowest BCUT2D eigenvalue weighted by molar-refractivity contribution is -0.121. The van der Waals surface area contributed by atoms with Crippen LogP contribution in [-0.2, 0) is 11.2 Å². The second-order valence-electron chi connectivity index (χ2n) is 4.65. The Kier molecular flexibility index (Phi) is 4.13. The van der Waals surface area contributed by atoms with Crippen molar-refractivity contribution in [3.8, 4) is 0 Å². The van der Waals surface area contributed by atoms with Gasteiger partial charge in [0.2, 0.25) is 0 Å². The van der Waals surface area contributed by atoms with E-state index in [0.717, 1.165) is 38.8 Å². The van der Waals surface area contributed by atoms with Crippen molar-refractivity contribution in [2.75, 3.05) is 20.1 Å². The van der Waals surface area contributed by atoms with E-state index in [9.17, 15) is 4.79 Å². The highest BCUT2D eigenvalue weighted by molar-refractivity contribution is 7.09. The van der Waals surface area contributed by atoms with Gasteiger partial charge in [-0.1, -0.05) is 6.07 Å². The summed E-state index contributed by atoms with van der Waals surface area (Å²) in [4.78, 5) is 15.3. The maximum atomic E-state index is 11.5. The number of Topliss-reactive ketones (excluding diaryl/α,β-unsaturated/α-hetero) is 1. The first-order valence-electron chi connectivity index (χ1n) is 5.99. The molecule has 1 aliphatic rings. The van der Waals surface area contributed by atoms with Gasteiger partial charge in [-0.25, -0.2) is 0 Å². The summed E-state index contributed by atoms with van der Waals surface area (Å²) in [5.74, 6) is 0.788. The Labute approximate surface area is 101 Å². The fraction of sp³-hybridized carbons (Fsp3) is 0.615. The molecule has 0 aliphatic heterocycles. The maximum Gasteiger partial charge on any atom is 0.137 e. The first-order chi connectivity index (χ1) is 7.75. The average molecular weight is 237 g/mol. The molecule has 2 rings (SSSR count). The largest absolute Gasteiger partial charge is 0.305 e. The molecule has 0 N–H and O–H groups in total. The summed E-state index contributed by atoms with van der Waals surface area (Å²) in [5, 5.41) is 2.12. The minimum Gasteiger partial charge on any atom is -0.305 e.